The maximum absolute atomic E-state index is 14.5. The summed E-state index contributed by atoms with van der Waals surface area (Å²) in [6.45, 7) is 3.96. The second-order valence-corrected chi connectivity index (χ2v) is 8.12. The van der Waals surface area contributed by atoms with Crippen molar-refractivity contribution in [3.8, 4) is 0 Å². The molecule has 0 heterocycles. The summed E-state index contributed by atoms with van der Waals surface area (Å²) < 4.78 is 14.5. The minimum atomic E-state index is -0.906. The molecule has 1 atom stereocenters. The molecule has 0 spiro atoms. The fourth-order valence-corrected chi connectivity index (χ4v) is 4.52. The molecule has 2 amide bonds. The van der Waals surface area contributed by atoms with Crippen molar-refractivity contribution < 1.29 is 14.0 Å². The minimum Gasteiger partial charge on any atom is -0.357 e. The van der Waals surface area contributed by atoms with Crippen LogP contribution in [0.5, 0.6) is 0 Å². The van der Waals surface area contributed by atoms with Crippen LogP contribution in [0.25, 0.3) is 0 Å². The Hall–Kier alpha value is -1.91. The summed E-state index contributed by atoms with van der Waals surface area (Å²) in [7, 11) is 1.60. The fourth-order valence-electron chi connectivity index (χ4n) is 4.52. The van der Waals surface area contributed by atoms with Gasteiger partial charge in [0, 0.05) is 12.6 Å². The van der Waals surface area contributed by atoms with Crippen molar-refractivity contribution in [1.29, 1.82) is 0 Å². The number of hydrogen-bond acceptors (Lipinski definition) is 2. The van der Waals surface area contributed by atoms with Crippen molar-refractivity contribution in [2.24, 2.45) is 5.41 Å². The van der Waals surface area contributed by atoms with Crippen molar-refractivity contribution in [3.63, 3.8) is 0 Å². The van der Waals surface area contributed by atoms with Crippen molar-refractivity contribution in [2.75, 3.05) is 7.05 Å². The summed E-state index contributed by atoms with van der Waals surface area (Å²) in [5, 5.41) is 5.75. The van der Waals surface area contributed by atoms with Crippen molar-refractivity contribution in [1.82, 2.24) is 10.6 Å². The Morgan fingerprint density at radius 3 is 2.16 bits per heavy atom. The smallest absolute Gasteiger partial charge is 0.245 e. The van der Waals surface area contributed by atoms with Crippen molar-refractivity contribution in [3.05, 3.63) is 35.6 Å². The molecule has 2 aliphatic carbocycles. The molecule has 1 aromatic rings. The Bertz CT molecular complexity index is 695. The molecule has 25 heavy (non-hydrogen) atoms. The van der Waals surface area contributed by atoms with E-state index in [-0.39, 0.29) is 23.0 Å². The number of hydrogen-bond donors (Lipinski definition) is 2. The highest BCUT2D eigenvalue weighted by atomic mass is 19.1. The van der Waals surface area contributed by atoms with E-state index in [4.69, 9.17) is 0 Å². The van der Waals surface area contributed by atoms with Gasteiger partial charge >= 0.3 is 0 Å². The van der Waals surface area contributed by atoms with Crippen LogP contribution in [0, 0.1) is 11.2 Å². The molecule has 0 saturated heterocycles. The Morgan fingerprint density at radius 2 is 1.64 bits per heavy atom. The molecule has 0 bridgehead atoms. The van der Waals surface area contributed by atoms with E-state index in [1.54, 1.807) is 25.2 Å². The van der Waals surface area contributed by atoms with Gasteiger partial charge in [-0.2, -0.15) is 0 Å². The Kier molecular flexibility index (Phi) is 4.38. The summed E-state index contributed by atoms with van der Waals surface area (Å²) in [5.74, 6) is -0.739. The topological polar surface area (TPSA) is 58.2 Å². The monoisotopic (exact) mass is 346 g/mol. The van der Waals surface area contributed by atoms with E-state index in [2.05, 4.69) is 10.6 Å². The summed E-state index contributed by atoms with van der Waals surface area (Å²) >= 11 is 0. The lowest BCUT2D eigenvalue weighted by atomic mass is 9.79. The molecule has 136 valence electrons. The van der Waals surface area contributed by atoms with Gasteiger partial charge < -0.3 is 10.6 Å². The second-order valence-electron chi connectivity index (χ2n) is 8.12. The number of benzene rings is 1. The zero-order chi connectivity index (χ0) is 18.3. The molecule has 2 fully saturated rings. The average Bonchev–Trinajstić information content (AvgIpc) is 3.19. The zero-order valence-corrected chi connectivity index (χ0v) is 15.2. The van der Waals surface area contributed by atoms with Gasteiger partial charge in [-0.25, -0.2) is 4.39 Å². The molecule has 2 N–H and O–H groups in total. The van der Waals surface area contributed by atoms with Gasteiger partial charge in [0.2, 0.25) is 11.8 Å². The van der Waals surface area contributed by atoms with Gasteiger partial charge in [0.25, 0.3) is 0 Å². The second kappa shape index (κ2) is 6.11. The van der Waals surface area contributed by atoms with Crippen molar-refractivity contribution >= 4 is 11.8 Å². The number of likely N-dealkylation sites (N-methyl/N-ethyl adjacent to an activating group) is 1. The summed E-state index contributed by atoms with van der Waals surface area (Å²) in [5.41, 5.74) is -1.68. The van der Waals surface area contributed by atoms with E-state index in [0.717, 1.165) is 19.3 Å². The van der Waals surface area contributed by atoms with Crippen LogP contribution in [0.1, 0.15) is 57.9 Å². The first-order valence-corrected chi connectivity index (χ1v) is 9.09. The molecule has 5 heteroatoms. The Morgan fingerprint density at radius 1 is 1.04 bits per heavy atom. The molecule has 2 saturated carbocycles. The number of nitrogens with one attached hydrogen (secondary N) is 2. The molecule has 1 aromatic carbocycles. The van der Waals surface area contributed by atoms with Crippen LogP contribution in [0.15, 0.2) is 24.3 Å². The van der Waals surface area contributed by atoms with Gasteiger partial charge in [-0.3, -0.25) is 9.59 Å². The normalized spacial score (nSPS) is 26.6. The third-order valence-electron chi connectivity index (χ3n) is 6.18. The number of carbonyl (C=O) groups excluding carboxylic acids is 2. The van der Waals surface area contributed by atoms with E-state index in [1.807, 2.05) is 13.8 Å². The number of halogens is 1. The van der Waals surface area contributed by atoms with Crippen molar-refractivity contribution in [2.45, 2.75) is 63.3 Å². The fraction of sp³-hybridized carbons (Fsp3) is 0.600. The molecule has 2 aliphatic rings. The van der Waals surface area contributed by atoms with Gasteiger partial charge in [-0.05, 0) is 30.7 Å². The van der Waals surface area contributed by atoms with E-state index < -0.39 is 11.0 Å². The van der Waals surface area contributed by atoms with Gasteiger partial charge in [0.15, 0.2) is 0 Å². The molecule has 3 rings (SSSR count). The quantitative estimate of drug-likeness (QED) is 0.880. The summed E-state index contributed by atoms with van der Waals surface area (Å²) in [6, 6.07) is 6.48. The maximum Gasteiger partial charge on any atom is 0.245 e. The average molecular weight is 346 g/mol. The third-order valence-corrected chi connectivity index (χ3v) is 6.18. The predicted octanol–water partition coefficient (Wildman–Crippen LogP) is 3.06. The standard InChI is InChI=1S/C20H27FN2O2/c1-18(2)13-20(18,14-9-5-6-10-15(14)21)17(25)23-19(16(24)22-3)11-7-4-8-12-19/h5-6,9-10H,4,7-8,11-13H2,1-3H3,(H,22,24)(H,23,25). The molecule has 1 unspecified atom stereocenters. The molecule has 0 aliphatic heterocycles. The van der Waals surface area contributed by atoms with E-state index in [0.29, 0.717) is 24.8 Å². The van der Waals surface area contributed by atoms with Gasteiger partial charge in [0.1, 0.15) is 11.4 Å². The predicted molar refractivity (Wildman–Crippen MR) is 94.5 cm³/mol. The Labute approximate surface area is 148 Å². The number of rotatable bonds is 4. The SMILES string of the molecule is CNC(=O)C1(NC(=O)C2(c3ccccc3F)CC2(C)C)CCCCC1. The van der Waals surface area contributed by atoms with Crippen LogP contribution < -0.4 is 10.6 Å². The molecular weight excluding hydrogens is 319 g/mol. The zero-order valence-electron chi connectivity index (χ0n) is 15.2. The first-order chi connectivity index (χ1) is 11.8. The lowest BCUT2D eigenvalue weighted by Gasteiger charge is -2.38. The molecule has 0 aromatic heterocycles. The first kappa shape index (κ1) is 17.9. The van der Waals surface area contributed by atoms with Crippen LogP contribution in [0.4, 0.5) is 4.39 Å². The summed E-state index contributed by atoms with van der Waals surface area (Å²) in [4.78, 5) is 25.9. The van der Waals surface area contributed by atoms with Crippen LogP contribution in [-0.2, 0) is 15.0 Å². The minimum absolute atomic E-state index is 0.150. The lowest BCUT2D eigenvalue weighted by Crippen LogP contribution is -2.61. The Balaban J connectivity index is 1.95. The van der Waals surface area contributed by atoms with E-state index >= 15 is 0 Å². The molecule has 0 radical (unpaired) electrons. The maximum atomic E-state index is 14.5. The highest BCUT2D eigenvalue weighted by Gasteiger charge is 2.68. The van der Waals surface area contributed by atoms with Crippen LogP contribution >= 0.6 is 0 Å². The van der Waals surface area contributed by atoms with E-state index in [9.17, 15) is 14.0 Å². The third kappa shape index (κ3) is 2.74. The summed E-state index contributed by atoms with van der Waals surface area (Å²) in [6.07, 6.45) is 4.72. The van der Waals surface area contributed by atoms with Crippen LogP contribution in [-0.4, -0.2) is 24.4 Å². The highest BCUT2D eigenvalue weighted by Crippen LogP contribution is 2.65. The van der Waals surface area contributed by atoms with E-state index in [1.165, 1.54) is 6.07 Å². The number of carbonyl (C=O) groups is 2. The lowest BCUT2D eigenvalue weighted by molar-refractivity contribution is -0.136. The molecular formula is C20H27FN2O2. The van der Waals surface area contributed by atoms with Gasteiger partial charge in [-0.1, -0.05) is 51.3 Å². The number of amides is 2. The van der Waals surface area contributed by atoms with Gasteiger partial charge in [-0.15, -0.1) is 0 Å². The first-order valence-electron chi connectivity index (χ1n) is 9.09. The molecule has 4 nitrogen and oxygen atoms in total. The highest BCUT2D eigenvalue weighted by molar-refractivity contribution is 5.98. The van der Waals surface area contributed by atoms with Crippen LogP contribution in [0.3, 0.4) is 0 Å². The largest absolute Gasteiger partial charge is 0.357 e. The van der Waals surface area contributed by atoms with Crippen LogP contribution in [0.2, 0.25) is 0 Å². The van der Waals surface area contributed by atoms with Gasteiger partial charge in [0.05, 0.1) is 5.41 Å².